The Kier molecular flexibility index (Phi) is 3.96. The van der Waals surface area contributed by atoms with Gasteiger partial charge in [0, 0.05) is 11.4 Å². The minimum absolute atomic E-state index is 0.0178. The topological polar surface area (TPSA) is 52.9 Å². The van der Waals surface area contributed by atoms with Gasteiger partial charge in [0.25, 0.3) is 5.91 Å². The third-order valence-electron chi connectivity index (χ3n) is 1.67. The fourth-order valence-corrected chi connectivity index (χ4v) is 1.18. The van der Waals surface area contributed by atoms with Crippen molar-refractivity contribution in [2.75, 3.05) is 6.54 Å². The minimum Gasteiger partial charge on any atom is -0.339 e. The van der Waals surface area contributed by atoms with Crippen molar-refractivity contribution in [1.29, 1.82) is 5.26 Å². The molecule has 0 aliphatic heterocycles. The van der Waals surface area contributed by atoms with Crippen LogP contribution in [0.2, 0.25) is 0 Å². The number of benzene rings is 1. The molecule has 1 amide bonds. The molecule has 0 unspecified atom stereocenters. The lowest BCUT2D eigenvalue weighted by molar-refractivity contribution is 0.0958. The van der Waals surface area contributed by atoms with Crippen LogP contribution in [0.25, 0.3) is 0 Å². The normalized spacial score (nSPS) is 9.14. The van der Waals surface area contributed by atoms with Crippen LogP contribution in [-0.2, 0) is 5.88 Å². The van der Waals surface area contributed by atoms with E-state index in [1.165, 1.54) is 0 Å². The Balaban J connectivity index is 2.75. The number of nitrogens with zero attached hydrogens (tertiary/aromatic N) is 1. The van der Waals surface area contributed by atoms with Crippen LogP contribution in [0.1, 0.15) is 15.9 Å². The number of carbonyl (C=O) groups excluding carboxylic acids is 1. The maximum Gasteiger partial charge on any atom is 0.252 e. The lowest BCUT2D eigenvalue weighted by Crippen LogP contribution is -2.23. The molecular formula is C10H9ClN2O. The van der Waals surface area contributed by atoms with E-state index >= 15 is 0 Å². The van der Waals surface area contributed by atoms with Gasteiger partial charge in [-0.2, -0.15) is 5.26 Å². The second-order valence-electron chi connectivity index (χ2n) is 2.67. The summed E-state index contributed by atoms with van der Waals surface area (Å²) in [6, 6.07) is 8.83. The predicted molar refractivity (Wildman–Crippen MR) is 53.9 cm³/mol. The summed E-state index contributed by atoms with van der Waals surface area (Å²) in [6.07, 6.45) is 0. The van der Waals surface area contributed by atoms with E-state index in [4.69, 9.17) is 16.9 Å². The fraction of sp³-hybridized carbons (Fsp3) is 0.200. The smallest absolute Gasteiger partial charge is 0.252 e. The van der Waals surface area contributed by atoms with Crippen molar-refractivity contribution < 1.29 is 4.79 Å². The van der Waals surface area contributed by atoms with E-state index in [-0.39, 0.29) is 12.5 Å². The lowest BCUT2D eigenvalue weighted by Gasteiger charge is -2.02. The predicted octanol–water partition coefficient (Wildman–Crippen LogP) is 1.68. The second kappa shape index (κ2) is 5.25. The highest BCUT2D eigenvalue weighted by molar-refractivity contribution is 6.17. The van der Waals surface area contributed by atoms with E-state index in [2.05, 4.69) is 5.32 Å². The lowest BCUT2D eigenvalue weighted by atomic mass is 10.1. The Labute approximate surface area is 87.3 Å². The van der Waals surface area contributed by atoms with Crippen molar-refractivity contribution in [3.8, 4) is 6.07 Å². The van der Waals surface area contributed by atoms with Gasteiger partial charge in [0.05, 0.1) is 6.07 Å². The molecule has 0 aromatic heterocycles. The molecule has 72 valence electrons. The molecule has 0 radical (unpaired) electrons. The quantitative estimate of drug-likeness (QED) is 0.607. The summed E-state index contributed by atoms with van der Waals surface area (Å²) in [5.74, 6) is 0.123. The summed E-state index contributed by atoms with van der Waals surface area (Å²) in [5.41, 5.74) is 1.41. The average molecular weight is 209 g/mol. The summed E-state index contributed by atoms with van der Waals surface area (Å²) in [6.45, 7) is 0.0178. The largest absolute Gasteiger partial charge is 0.339 e. The third kappa shape index (κ3) is 2.75. The van der Waals surface area contributed by atoms with Gasteiger partial charge in [-0.05, 0) is 17.7 Å². The van der Waals surface area contributed by atoms with Crippen LogP contribution < -0.4 is 5.32 Å². The van der Waals surface area contributed by atoms with Crippen LogP contribution in [0.5, 0.6) is 0 Å². The maximum absolute atomic E-state index is 11.4. The standard InChI is InChI=1S/C10H9ClN2O/c11-7-8-2-1-3-9(6-8)10(14)13-5-4-12/h1-3,6H,5,7H2,(H,13,14). The maximum atomic E-state index is 11.4. The molecule has 1 aromatic rings. The number of nitrogens with one attached hydrogen (secondary N) is 1. The molecule has 1 rings (SSSR count). The van der Waals surface area contributed by atoms with Crippen LogP contribution in [-0.4, -0.2) is 12.5 Å². The molecule has 14 heavy (non-hydrogen) atoms. The highest BCUT2D eigenvalue weighted by Crippen LogP contribution is 2.07. The number of halogens is 1. The number of hydrogen-bond donors (Lipinski definition) is 1. The van der Waals surface area contributed by atoms with Crippen molar-refractivity contribution >= 4 is 17.5 Å². The molecule has 0 spiro atoms. The fourth-order valence-electron chi connectivity index (χ4n) is 1.02. The second-order valence-corrected chi connectivity index (χ2v) is 2.94. The summed E-state index contributed by atoms with van der Waals surface area (Å²) in [4.78, 5) is 11.4. The highest BCUT2D eigenvalue weighted by Gasteiger charge is 2.04. The first-order chi connectivity index (χ1) is 6.77. The highest BCUT2D eigenvalue weighted by atomic mass is 35.5. The molecular weight excluding hydrogens is 200 g/mol. The zero-order valence-corrected chi connectivity index (χ0v) is 8.21. The Hall–Kier alpha value is -1.53. The van der Waals surface area contributed by atoms with Gasteiger partial charge in [0.1, 0.15) is 6.54 Å². The van der Waals surface area contributed by atoms with Gasteiger partial charge in [0.2, 0.25) is 0 Å². The molecule has 0 aliphatic carbocycles. The molecule has 0 aliphatic rings. The summed E-state index contributed by atoms with van der Waals surface area (Å²) in [5, 5.41) is 10.7. The Bertz CT molecular complexity index is 371. The van der Waals surface area contributed by atoms with Crippen molar-refractivity contribution in [2.45, 2.75) is 5.88 Å². The SMILES string of the molecule is N#CCNC(=O)c1cccc(CCl)c1. The zero-order valence-electron chi connectivity index (χ0n) is 7.46. The molecule has 0 bridgehead atoms. The number of hydrogen-bond acceptors (Lipinski definition) is 2. The van der Waals surface area contributed by atoms with Crippen LogP contribution in [0.15, 0.2) is 24.3 Å². The van der Waals surface area contributed by atoms with E-state index in [0.717, 1.165) is 5.56 Å². The van der Waals surface area contributed by atoms with Crippen molar-refractivity contribution in [2.24, 2.45) is 0 Å². The van der Waals surface area contributed by atoms with Gasteiger partial charge in [-0.3, -0.25) is 4.79 Å². The van der Waals surface area contributed by atoms with Gasteiger partial charge in [-0.25, -0.2) is 0 Å². The number of carbonyl (C=O) groups is 1. The molecule has 0 atom stereocenters. The Morgan fingerprint density at radius 2 is 2.36 bits per heavy atom. The van der Waals surface area contributed by atoms with Crippen molar-refractivity contribution in [3.05, 3.63) is 35.4 Å². The number of amides is 1. The van der Waals surface area contributed by atoms with Gasteiger partial charge >= 0.3 is 0 Å². The van der Waals surface area contributed by atoms with E-state index in [0.29, 0.717) is 11.4 Å². The van der Waals surface area contributed by atoms with Crippen LogP contribution >= 0.6 is 11.6 Å². The van der Waals surface area contributed by atoms with E-state index in [1.54, 1.807) is 18.2 Å². The third-order valence-corrected chi connectivity index (χ3v) is 1.98. The molecule has 0 saturated heterocycles. The van der Waals surface area contributed by atoms with Crippen LogP contribution in [0.4, 0.5) is 0 Å². The molecule has 3 nitrogen and oxygen atoms in total. The van der Waals surface area contributed by atoms with E-state index < -0.39 is 0 Å². The number of alkyl halides is 1. The first kappa shape index (κ1) is 10.6. The van der Waals surface area contributed by atoms with Gasteiger partial charge in [-0.1, -0.05) is 12.1 Å². The van der Waals surface area contributed by atoms with Crippen LogP contribution in [0.3, 0.4) is 0 Å². The van der Waals surface area contributed by atoms with Gasteiger partial charge in [-0.15, -0.1) is 11.6 Å². The summed E-state index contributed by atoms with van der Waals surface area (Å²) in [7, 11) is 0. The summed E-state index contributed by atoms with van der Waals surface area (Å²) < 4.78 is 0. The monoisotopic (exact) mass is 208 g/mol. The zero-order chi connectivity index (χ0) is 10.4. The first-order valence-corrected chi connectivity index (χ1v) is 4.61. The molecule has 1 aromatic carbocycles. The van der Waals surface area contributed by atoms with Crippen molar-refractivity contribution in [1.82, 2.24) is 5.32 Å². The van der Waals surface area contributed by atoms with Crippen LogP contribution in [0, 0.1) is 11.3 Å². The van der Waals surface area contributed by atoms with E-state index in [1.807, 2.05) is 12.1 Å². The molecule has 1 N–H and O–H groups in total. The summed E-state index contributed by atoms with van der Waals surface area (Å²) >= 11 is 5.62. The van der Waals surface area contributed by atoms with Crippen molar-refractivity contribution in [3.63, 3.8) is 0 Å². The van der Waals surface area contributed by atoms with E-state index in [9.17, 15) is 4.79 Å². The Morgan fingerprint density at radius 1 is 1.57 bits per heavy atom. The number of nitriles is 1. The minimum atomic E-state index is -0.251. The van der Waals surface area contributed by atoms with Gasteiger partial charge in [0.15, 0.2) is 0 Å². The first-order valence-electron chi connectivity index (χ1n) is 4.08. The number of rotatable bonds is 3. The molecule has 0 fully saturated rings. The molecule has 4 heteroatoms. The molecule has 0 saturated carbocycles. The average Bonchev–Trinajstić information content (AvgIpc) is 2.26. The Morgan fingerprint density at radius 3 is 3.00 bits per heavy atom. The van der Waals surface area contributed by atoms with Gasteiger partial charge < -0.3 is 5.32 Å². The molecule has 0 heterocycles.